The first-order valence-electron chi connectivity index (χ1n) is 18.9. The normalized spacial score (nSPS) is 15.9. The number of rotatable bonds is 19. The predicted octanol–water partition coefficient (Wildman–Crippen LogP) is 5.19. The molecule has 5 amide bonds. The van der Waals surface area contributed by atoms with Crippen LogP contribution < -0.4 is 16.0 Å². The third-order valence-electron chi connectivity index (χ3n) is 10.3. The molecule has 5 atom stereocenters. The van der Waals surface area contributed by atoms with Gasteiger partial charge < -0.3 is 35.6 Å². The van der Waals surface area contributed by atoms with E-state index in [1.54, 1.807) is 16.0 Å². The molecule has 5 unspecified atom stereocenters. The van der Waals surface area contributed by atoms with Crippen LogP contribution in [0.1, 0.15) is 75.3 Å². The summed E-state index contributed by atoms with van der Waals surface area (Å²) in [6.45, 7) is 11.2. The van der Waals surface area contributed by atoms with E-state index >= 15 is 0 Å². The number of urea groups is 1. The van der Waals surface area contributed by atoms with Gasteiger partial charge in [0.2, 0.25) is 11.8 Å². The zero-order chi connectivity index (χ0) is 39.3. The van der Waals surface area contributed by atoms with Crippen LogP contribution in [-0.2, 0) is 27.3 Å². The highest BCUT2D eigenvalue weighted by molar-refractivity contribution is 5.88. The van der Waals surface area contributed by atoms with Crippen molar-refractivity contribution in [3.8, 4) is 0 Å². The van der Waals surface area contributed by atoms with Gasteiger partial charge in [-0.15, -0.1) is 0 Å². The molecule has 0 aliphatic carbocycles. The van der Waals surface area contributed by atoms with Gasteiger partial charge in [-0.25, -0.2) is 9.59 Å². The first kappa shape index (κ1) is 41.8. The van der Waals surface area contributed by atoms with Crippen molar-refractivity contribution < 1.29 is 29.0 Å². The van der Waals surface area contributed by atoms with Gasteiger partial charge >= 0.3 is 12.1 Å². The number of amides is 5. The molecule has 2 aromatic carbocycles. The molecule has 4 N–H and O–H groups in total. The topological polar surface area (TPSA) is 153 Å². The van der Waals surface area contributed by atoms with Crippen LogP contribution in [0.5, 0.6) is 0 Å². The molecule has 3 aromatic rings. The van der Waals surface area contributed by atoms with E-state index in [-0.39, 0.29) is 55.6 Å². The quantitative estimate of drug-likeness (QED) is 0.132. The van der Waals surface area contributed by atoms with Gasteiger partial charge in [0.1, 0.15) is 6.04 Å². The zero-order valence-corrected chi connectivity index (χ0v) is 32.6. The molecule has 1 aliphatic heterocycles. The summed E-state index contributed by atoms with van der Waals surface area (Å²) in [6, 6.07) is 22.3. The van der Waals surface area contributed by atoms with Crippen molar-refractivity contribution in [3.05, 3.63) is 101 Å². The molecule has 1 aromatic heterocycles. The number of pyridine rings is 1. The SMILES string of the molecule is CCC(C)C(C(=O)NC(CC(O)CNC(=O)CC(C)(C)CNC(=O)OC)C(Cc1ccccc1)c1ccccc1)N1CCN(Cc2cccnc2C)C1=O. The Morgan fingerprint density at radius 3 is 2.31 bits per heavy atom. The van der Waals surface area contributed by atoms with Crippen LogP contribution in [0.2, 0.25) is 0 Å². The fraction of sp³-hybridized carbons (Fsp3) is 0.500. The second kappa shape index (κ2) is 19.9. The minimum absolute atomic E-state index is 0.0271. The maximum absolute atomic E-state index is 14.6. The highest BCUT2D eigenvalue weighted by Crippen LogP contribution is 2.29. The van der Waals surface area contributed by atoms with E-state index in [4.69, 9.17) is 0 Å². The van der Waals surface area contributed by atoms with E-state index < -0.39 is 29.7 Å². The van der Waals surface area contributed by atoms with Gasteiger partial charge in [0.05, 0.1) is 13.2 Å². The summed E-state index contributed by atoms with van der Waals surface area (Å²) in [5.74, 6) is -0.916. The number of nitrogens with one attached hydrogen (secondary N) is 3. The van der Waals surface area contributed by atoms with Crippen molar-refractivity contribution >= 4 is 23.9 Å². The lowest BCUT2D eigenvalue weighted by Gasteiger charge is -2.35. The lowest BCUT2D eigenvalue weighted by molar-refractivity contribution is -0.128. The van der Waals surface area contributed by atoms with Crippen molar-refractivity contribution in [2.45, 2.75) is 91.0 Å². The standard InChI is InChI=1S/C42H58N6O6/c1-7-29(2)38(48-22-21-47(41(48)53)27-33-19-14-20-43-30(33)3)39(51)46-36(35(32-17-12-9-13-18-32)23-31-15-10-8-11-16-31)24-34(49)26-44-37(50)25-42(4,5)28-45-40(52)54-6/h8-20,29,34-36,38,49H,7,21-28H2,1-6H3,(H,44,50)(H,45,52)(H,46,51). The molecule has 4 rings (SSSR count). The lowest BCUT2D eigenvalue weighted by Crippen LogP contribution is -2.55. The number of carbonyl (C=O) groups is 4. The molecule has 54 heavy (non-hydrogen) atoms. The predicted molar refractivity (Wildman–Crippen MR) is 208 cm³/mol. The molecule has 12 nitrogen and oxygen atoms in total. The fourth-order valence-corrected chi connectivity index (χ4v) is 7.03. The van der Waals surface area contributed by atoms with Crippen molar-refractivity contribution in [1.82, 2.24) is 30.7 Å². The Bertz CT molecular complexity index is 1670. The number of aliphatic hydroxyl groups excluding tert-OH is 1. The van der Waals surface area contributed by atoms with Crippen molar-refractivity contribution in [3.63, 3.8) is 0 Å². The molecule has 1 fully saturated rings. The number of hydrogen-bond donors (Lipinski definition) is 4. The summed E-state index contributed by atoms with van der Waals surface area (Å²) in [6.07, 6.45) is 1.70. The third-order valence-corrected chi connectivity index (χ3v) is 10.3. The van der Waals surface area contributed by atoms with Gasteiger partial charge in [-0.3, -0.25) is 14.6 Å². The fourth-order valence-electron chi connectivity index (χ4n) is 7.03. The number of nitrogens with zero attached hydrogens (tertiary/aromatic N) is 3. The second-order valence-corrected chi connectivity index (χ2v) is 15.2. The average Bonchev–Trinajstić information content (AvgIpc) is 3.51. The maximum atomic E-state index is 14.6. The Balaban J connectivity index is 1.56. The Morgan fingerprint density at radius 2 is 1.67 bits per heavy atom. The molecule has 0 spiro atoms. The number of benzene rings is 2. The summed E-state index contributed by atoms with van der Waals surface area (Å²) in [5.41, 5.74) is 3.34. The molecule has 292 valence electrons. The summed E-state index contributed by atoms with van der Waals surface area (Å²) in [5, 5.41) is 20.3. The molecule has 12 heteroatoms. The smallest absolute Gasteiger partial charge is 0.406 e. The Labute approximate surface area is 320 Å². The number of hydrogen-bond acceptors (Lipinski definition) is 7. The summed E-state index contributed by atoms with van der Waals surface area (Å²) in [7, 11) is 1.28. The molecule has 0 bridgehead atoms. The van der Waals surface area contributed by atoms with Crippen LogP contribution in [0.15, 0.2) is 79.0 Å². The van der Waals surface area contributed by atoms with E-state index in [1.165, 1.54) is 7.11 Å². The maximum Gasteiger partial charge on any atom is 0.406 e. The van der Waals surface area contributed by atoms with E-state index in [1.807, 2.05) is 107 Å². The van der Waals surface area contributed by atoms with Gasteiger partial charge in [-0.05, 0) is 53.9 Å². The third kappa shape index (κ3) is 12.0. The molecule has 1 aliphatic rings. The Hall–Kier alpha value is -4.97. The van der Waals surface area contributed by atoms with Crippen LogP contribution in [-0.4, -0.2) is 95.3 Å². The van der Waals surface area contributed by atoms with E-state index in [2.05, 4.69) is 25.7 Å². The number of ether oxygens (including phenoxy) is 1. The number of aromatic nitrogens is 1. The van der Waals surface area contributed by atoms with Crippen LogP contribution in [0.3, 0.4) is 0 Å². The molecule has 2 heterocycles. The van der Waals surface area contributed by atoms with Crippen molar-refractivity contribution in [2.24, 2.45) is 11.3 Å². The molecule has 0 saturated carbocycles. The molecular weight excluding hydrogens is 684 g/mol. The van der Waals surface area contributed by atoms with Crippen LogP contribution in [0.4, 0.5) is 9.59 Å². The van der Waals surface area contributed by atoms with Gasteiger partial charge in [0, 0.05) is 63.0 Å². The number of aliphatic hydroxyl groups is 1. The first-order chi connectivity index (χ1) is 25.8. The number of aryl methyl sites for hydroxylation is 1. The van der Waals surface area contributed by atoms with Gasteiger partial charge in [-0.1, -0.05) is 101 Å². The Morgan fingerprint density at radius 1 is 0.981 bits per heavy atom. The summed E-state index contributed by atoms with van der Waals surface area (Å²) >= 11 is 0. The van der Waals surface area contributed by atoms with Crippen LogP contribution >= 0.6 is 0 Å². The Kier molecular flexibility index (Phi) is 15.4. The van der Waals surface area contributed by atoms with Crippen molar-refractivity contribution in [2.75, 3.05) is 33.3 Å². The second-order valence-electron chi connectivity index (χ2n) is 15.2. The van der Waals surface area contributed by atoms with Gasteiger partial charge in [0.25, 0.3) is 0 Å². The summed E-state index contributed by atoms with van der Waals surface area (Å²) in [4.78, 5) is 60.9. The monoisotopic (exact) mass is 742 g/mol. The lowest BCUT2D eigenvalue weighted by atomic mass is 9.82. The number of carbonyl (C=O) groups excluding carboxylic acids is 4. The van der Waals surface area contributed by atoms with E-state index in [0.717, 1.165) is 22.4 Å². The van der Waals surface area contributed by atoms with Gasteiger partial charge in [0.15, 0.2) is 0 Å². The van der Waals surface area contributed by atoms with Crippen LogP contribution in [0, 0.1) is 18.3 Å². The highest BCUT2D eigenvalue weighted by atomic mass is 16.5. The highest BCUT2D eigenvalue weighted by Gasteiger charge is 2.41. The largest absolute Gasteiger partial charge is 0.453 e. The van der Waals surface area contributed by atoms with E-state index in [9.17, 15) is 24.3 Å². The molecule has 0 radical (unpaired) electrons. The first-order valence-corrected chi connectivity index (χ1v) is 18.9. The minimum Gasteiger partial charge on any atom is -0.453 e. The molecule has 1 saturated heterocycles. The zero-order valence-electron chi connectivity index (χ0n) is 32.6. The minimum atomic E-state index is -0.994. The number of methoxy groups -OCH3 is 1. The summed E-state index contributed by atoms with van der Waals surface area (Å²) < 4.78 is 4.64. The average molecular weight is 743 g/mol. The van der Waals surface area contributed by atoms with Crippen molar-refractivity contribution in [1.29, 1.82) is 0 Å². The van der Waals surface area contributed by atoms with E-state index in [0.29, 0.717) is 32.5 Å². The molecular formula is C42H58N6O6. The van der Waals surface area contributed by atoms with Crippen LogP contribution in [0.25, 0.3) is 0 Å². The van der Waals surface area contributed by atoms with Gasteiger partial charge in [-0.2, -0.15) is 0 Å². The number of alkyl carbamates (subject to hydrolysis) is 1.